The number of carbonyl (C=O) groups is 3. The molecular weight excluding hydrogens is 757 g/mol. The Morgan fingerprint density at radius 2 is 1.67 bits per heavy atom. The zero-order chi connectivity index (χ0) is 39.4. The number of ether oxygens (including phenoxy) is 1. The van der Waals surface area contributed by atoms with E-state index in [9.17, 15) is 36.0 Å². The van der Waals surface area contributed by atoms with Crippen molar-refractivity contribution in [2.24, 2.45) is 11.3 Å². The summed E-state index contributed by atoms with van der Waals surface area (Å²) < 4.78 is 74.0. The molecule has 296 valence electrons. The number of hydrogen-bond donors (Lipinski definition) is 3. The Kier molecular flexibility index (Phi) is 11.2. The quantitative estimate of drug-likeness (QED) is 0.170. The summed E-state index contributed by atoms with van der Waals surface area (Å²) in [5, 5.41) is 6.25. The second kappa shape index (κ2) is 14.8. The van der Waals surface area contributed by atoms with Crippen molar-refractivity contribution in [3.05, 3.63) is 101 Å². The Morgan fingerprint density at radius 1 is 1.00 bits per heavy atom. The lowest BCUT2D eigenvalue weighted by molar-refractivity contribution is -0.145. The van der Waals surface area contributed by atoms with E-state index in [2.05, 4.69) is 21.9 Å². The Balaban J connectivity index is 0.00000580. The number of benzene rings is 3. The van der Waals surface area contributed by atoms with Crippen LogP contribution in [0, 0.1) is 11.3 Å². The van der Waals surface area contributed by atoms with Crippen molar-refractivity contribution in [2.75, 3.05) is 5.32 Å². The number of carbonyl (C=O) groups excluding carboxylic acids is 3. The van der Waals surface area contributed by atoms with Gasteiger partial charge in [0.25, 0.3) is 5.91 Å². The zero-order valence-electron chi connectivity index (χ0n) is 30.2. The minimum atomic E-state index is -4.61. The number of fused-ring (bicyclic) bond motifs is 1. The van der Waals surface area contributed by atoms with Gasteiger partial charge in [0.1, 0.15) is 29.1 Å². The Bertz CT molecular complexity index is 2120. The van der Waals surface area contributed by atoms with Crippen LogP contribution in [-0.2, 0) is 43.5 Å². The first-order valence-corrected chi connectivity index (χ1v) is 19.3. The molecule has 0 radical (unpaired) electrons. The van der Waals surface area contributed by atoms with Crippen molar-refractivity contribution in [1.82, 2.24) is 14.9 Å². The van der Waals surface area contributed by atoms with Gasteiger partial charge in [-0.1, -0.05) is 64.1 Å². The molecule has 0 unspecified atom stereocenters. The van der Waals surface area contributed by atoms with Gasteiger partial charge in [-0.15, -0.1) is 6.58 Å². The van der Waals surface area contributed by atoms with E-state index in [4.69, 9.17) is 16.3 Å². The molecule has 3 aliphatic rings. The third-order valence-corrected chi connectivity index (χ3v) is 12.8. The molecular formula is C40H46ClF3N4O6S. The van der Waals surface area contributed by atoms with E-state index >= 15 is 0 Å². The third kappa shape index (κ3) is 8.65. The van der Waals surface area contributed by atoms with E-state index in [1.54, 1.807) is 63.2 Å². The summed E-state index contributed by atoms with van der Waals surface area (Å²) in [5.74, 6) is -1.83. The van der Waals surface area contributed by atoms with Gasteiger partial charge >= 0.3 is 6.18 Å². The van der Waals surface area contributed by atoms with Gasteiger partial charge in [-0.25, -0.2) is 8.42 Å². The second-order valence-electron chi connectivity index (χ2n) is 15.6. The Hall–Kier alpha value is -4.56. The van der Waals surface area contributed by atoms with Crippen LogP contribution in [0.15, 0.2) is 79.4 Å². The average Bonchev–Trinajstić information content (AvgIpc) is 4.02. The van der Waals surface area contributed by atoms with Crippen molar-refractivity contribution >= 4 is 45.0 Å². The third-order valence-electron chi connectivity index (χ3n) is 10.4. The summed E-state index contributed by atoms with van der Waals surface area (Å²) in [5.41, 5.74) is -1.94. The van der Waals surface area contributed by atoms with Crippen molar-refractivity contribution in [3.8, 4) is 11.5 Å². The highest BCUT2D eigenvalue weighted by molar-refractivity contribution is 7.91. The molecule has 3 N–H and O–H groups in total. The van der Waals surface area contributed by atoms with Crippen molar-refractivity contribution in [3.63, 3.8) is 0 Å². The topological polar surface area (TPSA) is 134 Å². The average molecular weight is 803 g/mol. The fourth-order valence-electron chi connectivity index (χ4n) is 6.64. The standard InChI is InChI=1S/C39H42ClF3N4O6S.CH4/c1-6-25-21-38(25,35(50)46-54(51,52)37(5)15-16-37)45-33(48)31-18-24-17-30(53-29-12-8-10-27(40)20-29)14-13-23(24)22-47(31)34(49)32(36(2,3)4)44-28-11-7-9-26(19-28)39(41,42)43;/h6-14,17,19-20,25,31-32,44H,1,15-16,18,21-22H2,2-5H3,(H,45,48)(H,46,50);1H4/t25-,31+,32-,38-;/m1./s1. The van der Waals surface area contributed by atoms with E-state index in [1.807, 2.05) is 0 Å². The number of sulfonamides is 1. The van der Waals surface area contributed by atoms with Gasteiger partial charge in [-0.05, 0) is 91.3 Å². The molecule has 1 aliphatic heterocycles. The minimum absolute atomic E-state index is 0. The molecule has 0 saturated heterocycles. The van der Waals surface area contributed by atoms with Crippen LogP contribution in [0.1, 0.15) is 71.1 Å². The zero-order valence-corrected chi connectivity index (χ0v) is 31.8. The number of halogens is 4. The fourth-order valence-corrected chi connectivity index (χ4v) is 8.13. The number of hydrogen-bond acceptors (Lipinski definition) is 7. The number of alkyl halides is 3. The summed E-state index contributed by atoms with van der Waals surface area (Å²) in [7, 11) is -4.04. The number of rotatable bonds is 11. The van der Waals surface area contributed by atoms with Crippen LogP contribution in [0.2, 0.25) is 5.02 Å². The molecule has 2 fully saturated rings. The number of nitrogens with one attached hydrogen (secondary N) is 3. The van der Waals surface area contributed by atoms with Gasteiger partial charge in [0.2, 0.25) is 21.8 Å². The fraction of sp³-hybridized carbons (Fsp3) is 0.425. The summed E-state index contributed by atoms with van der Waals surface area (Å²) >= 11 is 6.14. The first-order chi connectivity index (χ1) is 25.2. The maximum atomic E-state index is 14.7. The van der Waals surface area contributed by atoms with E-state index < -0.39 is 73.2 Å². The highest BCUT2D eigenvalue weighted by atomic mass is 35.5. The monoisotopic (exact) mass is 802 g/mol. The van der Waals surface area contributed by atoms with E-state index in [-0.39, 0.29) is 32.5 Å². The Labute approximate surface area is 324 Å². The van der Waals surface area contributed by atoms with Crippen LogP contribution in [0.3, 0.4) is 0 Å². The summed E-state index contributed by atoms with van der Waals surface area (Å²) in [4.78, 5) is 44.1. The largest absolute Gasteiger partial charge is 0.457 e. The molecule has 2 aliphatic carbocycles. The maximum absolute atomic E-state index is 14.7. The SMILES string of the molecule is C.C=C[C@@H]1C[C@]1(NC(=O)[C@@H]1Cc2cc(Oc3cccc(Cl)c3)ccc2CN1C(=O)[C@@H](Nc1cccc(C(F)(F)F)c1)C(C)(C)C)C(=O)NS(=O)(=O)C1(C)CC1. The second-order valence-corrected chi connectivity index (χ2v) is 18.2. The molecule has 15 heteroatoms. The predicted molar refractivity (Wildman–Crippen MR) is 205 cm³/mol. The first-order valence-electron chi connectivity index (χ1n) is 17.5. The van der Waals surface area contributed by atoms with Gasteiger partial charge in [0.05, 0.1) is 10.3 Å². The molecule has 55 heavy (non-hydrogen) atoms. The van der Waals surface area contributed by atoms with Crippen molar-refractivity contribution < 1.29 is 40.7 Å². The van der Waals surface area contributed by atoms with Gasteiger partial charge in [-0.2, -0.15) is 13.2 Å². The summed E-state index contributed by atoms with van der Waals surface area (Å²) in [6.07, 6.45) is -2.28. The maximum Gasteiger partial charge on any atom is 0.416 e. The van der Waals surface area contributed by atoms with Gasteiger partial charge in [0.15, 0.2) is 0 Å². The van der Waals surface area contributed by atoms with Crippen molar-refractivity contribution in [2.45, 2.75) is 95.9 Å². The van der Waals surface area contributed by atoms with Crippen LogP contribution in [0.4, 0.5) is 18.9 Å². The summed E-state index contributed by atoms with van der Waals surface area (Å²) in [6, 6.07) is 14.2. The van der Waals surface area contributed by atoms with Crippen LogP contribution in [0.5, 0.6) is 11.5 Å². The molecule has 10 nitrogen and oxygen atoms in total. The lowest BCUT2D eigenvalue weighted by Gasteiger charge is -2.41. The lowest BCUT2D eigenvalue weighted by Crippen LogP contribution is -2.61. The van der Waals surface area contributed by atoms with Gasteiger partial charge < -0.3 is 20.3 Å². The highest BCUT2D eigenvalue weighted by Crippen LogP contribution is 2.47. The predicted octanol–water partition coefficient (Wildman–Crippen LogP) is 7.63. The molecule has 3 aromatic rings. The number of amides is 3. The van der Waals surface area contributed by atoms with E-state index in [1.165, 1.54) is 30.0 Å². The van der Waals surface area contributed by atoms with Crippen LogP contribution >= 0.6 is 11.6 Å². The van der Waals surface area contributed by atoms with Crippen LogP contribution < -0.4 is 20.1 Å². The van der Waals surface area contributed by atoms with E-state index in [0.29, 0.717) is 40.5 Å². The first kappa shape index (κ1) is 41.6. The van der Waals surface area contributed by atoms with Crippen LogP contribution in [0.25, 0.3) is 0 Å². The Morgan fingerprint density at radius 3 is 2.27 bits per heavy atom. The highest BCUT2D eigenvalue weighted by Gasteiger charge is 2.62. The summed E-state index contributed by atoms with van der Waals surface area (Å²) in [6.45, 7) is 10.5. The van der Waals surface area contributed by atoms with E-state index in [0.717, 1.165) is 12.1 Å². The number of nitrogens with zero attached hydrogens (tertiary/aromatic N) is 1. The molecule has 3 aromatic carbocycles. The van der Waals surface area contributed by atoms with Gasteiger partial charge in [-0.3, -0.25) is 19.1 Å². The molecule has 0 aromatic heterocycles. The smallest absolute Gasteiger partial charge is 0.416 e. The molecule has 6 rings (SSSR count). The molecule has 0 spiro atoms. The molecule has 1 heterocycles. The molecule has 3 amide bonds. The molecule has 2 saturated carbocycles. The van der Waals surface area contributed by atoms with Crippen molar-refractivity contribution in [1.29, 1.82) is 0 Å². The van der Waals surface area contributed by atoms with Gasteiger partial charge in [0, 0.05) is 29.6 Å². The molecule has 0 bridgehead atoms. The minimum Gasteiger partial charge on any atom is -0.457 e. The van der Waals surface area contributed by atoms with Crippen LogP contribution in [-0.4, -0.2) is 53.4 Å². The lowest BCUT2D eigenvalue weighted by atomic mass is 9.84. The number of anilines is 1. The molecule has 4 atom stereocenters. The normalized spacial score (nSPS) is 21.9.